The van der Waals surface area contributed by atoms with Gasteiger partial charge in [0.15, 0.2) is 0 Å². The number of rotatable bonds is 6. The molecule has 0 atom stereocenters. The lowest BCUT2D eigenvalue weighted by molar-refractivity contribution is -0.150. The van der Waals surface area contributed by atoms with Gasteiger partial charge in [-0.05, 0) is 25.7 Å². The molecule has 0 aromatic rings. The SMILES string of the molecule is O=C(O)C1(CCCCCO)CCCCCC1. The van der Waals surface area contributed by atoms with Crippen LogP contribution in [0.15, 0.2) is 0 Å². The van der Waals surface area contributed by atoms with E-state index in [0.29, 0.717) is 0 Å². The van der Waals surface area contributed by atoms with Crippen LogP contribution in [-0.4, -0.2) is 22.8 Å². The van der Waals surface area contributed by atoms with E-state index in [1.54, 1.807) is 0 Å². The van der Waals surface area contributed by atoms with Crippen LogP contribution in [0.2, 0.25) is 0 Å². The lowest BCUT2D eigenvalue weighted by Gasteiger charge is -2.27. The molecule has 1 saturated carbocycles. The Bertz CT molecular complexity index is 205. The van der Waals surface area contributed by atoms with Gasteiger partial charge in [0.05, 0.1) is 5.41 Å². The Labute approximate surface area is 97.9 Å². The highest BCUT2D eigenvalue weighted by molar-refractivity contribution is 5.74. The van der Waals surface area contributed by atoms with Gasteiger partial charge in [-0.1, -0.05) is 38.5 Å². The summed E-state index contributed by atoms with van der Waals surface area (Å²) in [7, 11) is 0. The Hall–Kier alpha value is -0.570. The van der Waals surface area contributed by atoms with E-state index in [1.807, 2.05) is 0 Å². The van der Waals surface area contributed by atoms with Crippen LogP contribution >= 0.6 is 0 Å². The molecule has 0 spiro atoms. The number of carboxylic acids is 1. The van der Waals surface area contributed by atoms with Gasteiger partial charge in [-0.25, -0.2) is 0 Å². The van der Waals surface area contributed by atoms with Crippen LogP contribution < -0.4 is 0 Å². The lowest BCUT2D eigenvalue weighted by Crippen LogP contribution is -2.30. The van der Waals surface area contributed by atoms with Crippen LogP contribution in [0, 0.1) is 5.41 Å². The highest BCUT2D eigenvalue weighted by atomic mass is 16.4. The van der Waals surface area contributed by atoms with E-state index in [1.165, 1.54) is 12.8 Å². The zero-order chi connectivity index (χ0) is 11.9. The second-order valence-electron chi connectivity index (χ2n) is 5.03. The maximum Gasteiger partial charge on any atom is 0.309 e. The van der Waals surface area contributed by atoms with Crippen LogP contribution in [0.4, 0.5) is 0 Å². The van der Waals surface area contributed by atoms with Gasteiger partial charge in [-0.3, -0.25) is 4.79 Å². The van der Waals surface area contributed by atoms with Crippen molar-refractivity contribution in [3.8, 4) is 0 Å². The van der Waals surface area contributed by atoms with Crippen molar-refractivity contribution < 1.29 is 15.0 Å². The summed E-state index contributed by atoms with van der Waals surface area (Å²) in [6.07, 6.45) is 9.68. The van der Waals surface area contributed by atoms with E-state index >= 15 is 0 Å². The monoisotopic (exact) mass is 228 g/mol. The van der Waals surface area contributed by atoms with Crippen LogP contribution in [0.25, 0.3) is 0 Å². The fourth-order valence-electron chi connectivity index (χ4n) is 2.73. The fraction of sp³-hybridized carbons (Fsp3) is 0.923. The van der Waals surface area contributed by atoms with Crippen molar-refractivity contribution in [1.29, 1.82) is 0 Å². The molecule has 0 aliphatic heterocycles. The molecule has 94 valence electrons. The molecule has 0 amide bonds. The normalized spacial score (nSPS) is 20.3. The summed E-state index contributed by atoms with van der Waals surface area (Å²) in [6, 6.07) is 0. The molecule has 0 heterocycles. The lowest BCUT2D eigenvalue weighted by atomic mass is 9.76. The Morgan fingerprint density at radius 2 is 1.62 bits per heavy atom. The first-order chi connectivity index (χ1) is 7.71. The maximum atomic E-state index is 11.4. The quantitative estimate of drug-likeness (QED) is 0.543. The first-order valence-electron chi connectivity index (χ1n) is 6.55. The molecule has 1 rings (SSSR count). The molecule has 0 saturated heterocycles. The average Bonchev–Trinajstić information content (AvgIpc) is 2.51. The van der Waals surface area contributed by atoms with Crippen molar-refractivity contribution in [2.24, 2.45) is 5.41 Å². The molecular weight excluding hydrogens is 204 g/mol. The molecule has 0 bridgehead atoms. The van der Waals surface area contributed by atoms with Gasteiger partial charge >= 0.3 is 5.97 Å². The van der Waals surface area contributed by atoms with Gasteiger partial charge < -0.3 is 10.2 Å². The third kappa shape index (κ3) is 3.78. The molecule has 3 heteroatoms. The van der Waals surface area contributed by atoms with Crippen LogP contribution in [0.1, 0.15) is 64.2 Å². The number of aliphatic carboxylic acids is 1. The zero-order valence-electron chi connectivity index (χ0n) is 10.1. The molecule has 16 heavy (non-hydrogen) atoms. The minimum atomic E-state index is -0.599. The maximum absolute atomic E-state index is 11.4. The van der Waals surface area contributed by atoms with Gasteiger partial charge in [0, 0.05) is 6.61 Å². The Balaban J connectivity index is 2.46. The summed E-state index contributed by atoms with van der Waals surface area (Å²) in [4.78, 5) is 11.4. The smallest absolute Gasteiger partial charge is 0.309 e. The third-order valence-electron chi connectivity index (χ3n) is 3.83. The molecule has 1 fully saturated rings. The number of carboxylic acid groups (broad SMARTS) is 1. The van der Waals surface area contributed by atoms with Gasteiger partial charge in [0.25, 0.3) is 0 Å². The molecule has 0 radical (unpaired) electrons. The summed E-state index contributed by atoms with van der Waals surface area (Å²) in [5, 5.41) is 18.1. The Morgan fingerprint density at radius 1 is 1.00 bits per heavy atom. The molecule has 0 aromatic heterocycles. The standard InChI is InChI=1S/C13H24O3/c14-11-7-3-6-10-13(12(15)16)8-4-1-2-5-9-13/h14H,1-11H2,(H,15,16). The van der Waals surface area contributed by atoms with Gasteiger partial charge in [0.2, 0.25) is 0 Å². The molecule has 1 aliphatic rings. The van der Waals surface area contributed by atoms with Crippen molar-refractivity contribution in [2.75, 3.05) is 6.61 Å². The summed E-state index contributed by atoms with van der Waals surface area (Å²) >= 11 is 0. The molecule has 1 aliphatic carbocycles. The van der Waals surface area contributed by atoms with E-state index in [9.17, 15) is 9.90 Å². The number of aliphatic hydroxyl groups is 1. The van der Waals surface area contributed by atoms with Crippen LogP contribution in [0.3, 0.4) is 0 Å². The molecule has 0 aromatic carbocycles. The van der Waals surface area contributed by atoms with E-state index < -0.39 is 11.4 Å². The predicted octanol–water partition coefficient (Wildman–Crippen LogP) is 2.96. The Morgan fingerprint density at radius 3 is 2.12 bits per heavy atom. The number of aliphatic hydroxyl groups excluding tert-OH is 1. The number of unbranched alkanes of at least 4 members (excludes halogenated alkanes) is 2. The zero-order valence-corrected chi connectivity index (χ0v) is 10.1. The van der Waals surface area contributed by atoms with Gasteiger partial charge in [-0.2, -0.15) is 0 Å². The first-order valence-corrected chi connectivity index (χ1v) is 6.55. The number of hydrogen-bond donors (Lipinski definition) is 2. The van der Waals surface area contributed by atoms with E-state index in [-0.39, 0.29) is 6.61 Å². The topological polar surface area (TPSA) is 57.5 Å². The predicted molar refractivity (Wildman–Crippen MR) is 63.3 cm³/mol. The number of carbonyl (C=O) groups is 1. The largest absolute Gasteiger partial charge is 0.481 e. The molecule has 2 N–H and O–H groups in total. The van der Waals surface area contributed by atoms with Crippen molar-refractivity contribution in [1.82, 2.24) is 0 Å². The fourth-order valence-corrected chi connectivity index (χ4v) is 2.73. The minimum Gasteiger partial charge on any atom is -0.481 e. The summed E-state index contributed by atoms with van der Waals surface area (Å²) in [6.45, 7) is 0.222. The molecular formula is C13H24O3. The van der Waals surface area contributed by atoms with E-state index in [0.717, 1.165) is 51.4 Å². The van der Waals surface area contributed by atoms with E-state index in [4.69, 9.17) is 5.11 Å². The highest BCUT2D eigenvalue weighted by Gasteiger charge is 2.37. The second kappa shape index (κ2) is 6.89. The number of hydrogen-bond acceptors (Lipinski definition) is 2. The average molecular weight is 228 g/mol. The molecule has 0 unspecified atom stereocenters. The van der Waals surface area contributed by atoms with Crippen molar-refractivity contribution >= 4 is 5.97 Å². The summed E-state index contributed by atoms with van der Waals surface area (Å²) in [5.74, 6) is -0.599. The van der Waals surface area contributed by atoms with Crippen molar-refractivity contribution in [3.63, 3.8) is 0 Å². The highest BCUT2D eigenvalue weighted by Crippen LogP contribution is 2.39. The molecule has 3 nitrogen and oxygen atoms in total. The van der Waals surface area contributed by atoms with E-state index in [2.05, 4.69) is 0 Å². The summed E-state index contributed by atoms with van der Waals surface area (Å²) in [5.41, 5.74) is -0.452. The first kappa shape index (κ1) is 13.5. The van der Waals surface area contributed by atoms with Crippen molar-refractivity contribution in [2.45, 2.75) is 64.2 Å². The van der Waals surface area contributed by atoms with Crippen LogP contribution in [0.5, 0.6) is 0 Å². The third-order valence-corrected chi connectivity index (χ3v) is 3.83. The Kier molecular flexibility index (Phi) is 5.81. The van der Waals surface area contributed by atoms with Crippen molar-refractivity contribution in [3.05, 3.63) is 0 Å². The second-order valence-corrected chi connectivity index (χ2v) is 5.03. The van der Waals surface area contributed by atoms with Gasteiger partial charge in [-0.15, -0.1) is 0 Å². The van der Waals surface area contributed by atoms with Gasteiger partial charge in [0.1, 0.15) is 0 Å². The minimum absolute atomic E-state index is 0.222. The van der Waals surface area contributed by atoms with Crippen LogP contribution in [-0.2, 0) is 4.79 Å². The summed E-state index contributed by atoms with van der Waals surface area (Å²) < 4.78 is 0.